The average Bonchev–Trinajstić information content (AvgIpc) is 2.76. The van der Waals surface area contributed by atoms with Gasteiger partial charge in [-0.2, -0.15) is 0 Å². The third-order valence-electron chi connectivity index (χ3n) is 6.05. The van der Waals surface area contributed by atoms with Gasteiger partial charge in [-0.1, -0.05) is 6.07 Å². The summed E-state index contributed by atoms with van der Waals surface area (Å²) in [6.07, 6.45) is 3.26. The summed E-state index contributed by atoms with van der Waals surface area (Å²) < 4.78 is 5.97. The van der Waals surface area contributed by atoms with Gasteiger partial charge < -0.3 is 26.0 Å². The maximum Gasteiger partial charge on any atom is 0.252 e. The first-order chi connectivity index (χ1) is 16.2. The minimum Gasteiger partial charge on any atom is -0.491 e. The Balaban J connectivity index is 1.84. The molecule has 0 radical (unpaired) electrons. The molecule has 1 aliphatic heterocycles. The molecular formula is C27H37N5O2. The van der Waals surface area contributed by atoms with Crippen molar-refractivity contribution >= 4 is 23.4 Å². The van der Waals surface area contributed by atoms with Crippen LogP contribution < -0.4 is 26.0 Å². The van der Waals surface area contributed by atoms with Gasteiger partial charge >= 0.3 is 0 Å². The number of aryl methyl sites for hydroxylation is 1. The quantitative estimate of drug-likeness (QED) is 0.494. The lowest BCUT2D eigenvalue weighted by atomic mass is 9.99. The van der Waals surface area contributed by atoms with E-state index < -0.39 is 0 Å². The zero-order chi connectivity index (χ0) is 24.8. The minimum atomic E-state index is -0.236. The number of carbonyl (C=O) groups excluding carboxylic acids is 1. The van der Waals surface area contributed by atoms with Crippen LogP contribution in [0.15, 0.2) is 47.6 Å². The number of nitrogens with two attached hydrogens (primary N) is 1. The van der Waals surface area contributed by atoms with Crippen molar-refractivity contribution in [3.8, 4) is 5.75 Å². The Bertz CT molecular complexity index is 1070. The molecule has 0 aromatic heterocycles. The third kappa shape index (κ3) is 5.97. The standard InChI is InChI=1S/C27H37N5O2/c1-17(2)34-25-10-20(9-21(11-25)22(13-28)14-29-5)19(4)31-27(33)26-12-24(8-7-18(26)3)32-15-23(16-32)30-6/h7-14,17,19,23,30H,15-16,28H2,1-6H3,(H,31,33)/b22-13+,29-14?. The van der Waals surface area contributed by atoms with Crippen molar-refractivity contribution in [1.29, 1.82) is 0 Å². The van der Waals surface area contributed by atoms with Gasteiger partial charge in [-0.25, -0.2) is 0 Å². The van der Waals surface area contributed by atoms with Gasteiger partial charge in [0, 0.05) is 55.4 Å². The molecule has 1 atom stereocenters. The lowest BCUT2D eigenvalue weighted by Crippen LogP contribution is -2.57. The summed E-state index contributed by atoms with van der Waals surface area (Å²) in [7, 11) is 3.68. The summed E-state index contributed by atoms with van der Waals surface area (Å²) in [5.41, 5.74) is 11.2. The molecule has 34 heavy (non-hydrogen) atoms. The Labute approximate surface area is 203 Å². The van der Waals surface area contributed by atoms with Gasteiger partial charge in [-0.05, 0) is 81.8 Å². The van der Waals surface area contributed by atoms with Crippen molar-refractivity contribution in [3.63, 3.8) is 0 Å². The van der Waals surface area contributed by atoms with Gasteiger partial charge in [0.1, 0.15) is 5.75 Å². The van der Waals surface area contributed by atoms with Crippen molar-refractivity contribution in [2.24, 2.45) is 10.7 Å². The van der Waals surface area contributed by atoms with Crippen LogP contribution in [0.25, 0.3) is 5.57 Å². The molecule has 2 aromatic carbocycles. The number of nitrogens with zero attached hydrogens (tertiary/aromatic N) is 2. The summed E-state index contributed by atoms with van der Waals surface area (Å²) in [5, 5.41) is 6.45. The smallest absolute Gasteiger partial charge is 0.252 e. The molecule has 7 nitrogen and oxygen atoms in total. The molecule has 0 aliphatic carbocycles. The van der Waals surface area contributed by atoms with E-state index in [9.17, 15) is 4.79 Å². The van der Waals surface area contributed by atoms with Crippen LogP contribution >= 0.6 is 0 Å². The Morgan fingerprint density at radius 2 is 1.94 bits per heavy atom. The minimum absolute atomic E-state index is 0.0209. The largest absolute Gasteiger partial charge is 0.491 e. The van der Waals surface area contributed by atoms with Gasteiger partial charge in [0.25, 0.3) is 5.91 Å². The number of likely N-dealkylation sites (N-methyl/N-ethyl adjacent to an activating group) is 1. The fourth-order valence-corrected chi connectivity index (χ4v) is 4.01. The highest BCUT2D eigenvalue weighted by atomic mass is 16.5. The van der Waals surface area contributed by atoms with E-state index in [1.54, 1.807) is 13.3 Å². The van der Waals surface area contributed by atoms with Crippen LogP contribution in [-0.4, -0.2) is 51.5 Å². The number of carbonyl (C=O) groups is 1. The topological polar surface area (TPSA) is 92.0 Å². The molecule has 1 fully saturated rings. The van der Waals surface area contributed by atoms with E-state index in [1.165, 1.54) is 6.20 Å². The zero-order valence-corrected chi connectivity index (χ0v) is 21.1. The molecule has 4 N–H and O–H groups in total. The average molecular weight is 464 g/mol. The highest BCUT2D eigenvalue weighted by Crippen LogP contribution is 2.28. The number of amides is 1. The van der Waals surface area contributed by atoms with Crippen LogP contribution in [0.5, 0.6) is 5.75 Å². The normalized spacial score (nSPS) is 15.5. The number of aliphatic imine (C=N–C) groups is 1. The second kappa shape index (κ2) is 11.2. The highest BCUT2D eigenvalue weighted by molar-refractivity contribution is 6.09. The molecule has 0 saturated carbocycles. The van der Waals surface area contributed by atoms with E-state index in [0.29, 0.717) is 11.6 Å². The first-order valence-electron chi connectivity index (χ1n) is 11.8. The van der Waals surface area contributed by atoms with E-state index in [1.807, 2.05) is 65.1 Å². The maximum atomic E-state index is 13.3. The molecule has 0 bridgehead atoms. The number of nitrogens with one attached hydrogen (secondary N) is 2. The summed E-state index contributed by atoms with van der Waals surface area (Å²) in [6.45, 7) is 9.80. The van der Waals surface area contributed by atoms with Crippen LogP contribution in [0.3, 0.4) is 0 Å². The Morgan fingerprint density at radius 3 is 2.56 bits per heavy atom. The lowest BCUT2D eigenvalue weighted by molar-refractivity contribution is 0.0939. The zero-order valence-electron chi connectivity index (χ0n) is 21.1. The van der Waals surface area contributed by atoms with Gasteiger partial charge in [-0.3, -0.25) is 9.79 Å². The van der Waals surface area contributed by atoms with Crippen LogP contribution in [0.2, 0.25) is 0 Å². The van der Waals surface area contributed by atoms with E-state index in [2.05, 4.69) is 26.6 Å². The van der Waals surface area contributed by atoms with Gasteiger partial charge in [-0.15, -0.1) is 0 Å². The third-order valence-corrected chi connectivity index (χ3v) is 6.05. The number of hydrogen-bond donors (Lipinski definition) is 3. The highest BCUT2D eigenvalue weighted by Gasteiger charge is 2.26. The number of anilines is 1. The van der Waals surface area contributed by atoms with Gasteiger partial charge in [0.15, 0.2) is 0 Å². The lowest BCUT2D eigenvalue weighted by Gasteiger charge is -2.41. The van der Waals surface area contributed by atoms with Gasteiger partial charge in [0.2, 0.25) is 0 Å². The molecule has 1 saturated heterocycles. The number of benzene rings is 2. The fraction of sp³-hybridized carbons (Fsp3) is 0.407. The predicted molar refractivity (Wildman–Crippen MR) is 141 cm³/mol. The first kappa shape index (κ1) is 25.3. The fourth-order valence-electron chi connectivity index (χ4n) is 4.01. The van der Waals surface area contributed by atoms with E-state index in [4.69, 9.17) is 10.5 Å². The predicted octanol–water partition coefficient (Wildman–Crippen LogP) is 3.68. The first-order valence-corrected chi connectivity index (χ1v) is 11.8. The molecule has 182 valence electrons. The summed E-state index contributed by atoms with van der Waals surface area (Å²) in [5.74, 6) is 0.626. The molecule has 2 aromatic rings. The molecular weight excluding hydrogens is 426 g/mol. The van der Waals surface area contributed by atoms with Crippen molar-refractivity contribution in [2.45, 2.75) is 45.9 Å². The molecule has 7 heteroatoms. The van der Waals surface area contributed by atoms with E-state index in [-0.39, 0.29) is 18.1 Å². The van der Waals surface area contributed by atoms with Crippen LogP contribution in [0.1, 0.15) is 53.9 Å². The Hall–Kier alpha value is -3.32. The monoisotopic (exact) mass is 463 g/mol. The second-order valence-electron chi connectivity index (χ2n) is 9.05. The van der Waals surface area contributed by atoms with Crippen LogP contribution in [0.4, 0.5) is 5.69 Å². The Morgan fingerprint density at radius 1 is 1.21 bits per heavy atom. The molecule has 1 unspecified atom stereocenters. The number of hydrogen-bond acceptors (Lipinski definition) is 6. The van der Waals surface area contributed by atoms with E-state index >= 15 is 0 Å². The maximum absolute atomic E-state index is 13.3. The summed E-state index contributed by atoms with van der Waals surface area (Å²) in [4.78, 5) is 19.6. The molecule has 1 amide bonds. The molecule has 0 spiro atoms. The summed E-state index contributed by atoms with van der Waals surface area (Å²) in [6, 6.07) is 12.3. The molecule has 3 rings (SSSR count). The Kier molecular flexibility index (Phi) is 8.34. The second-order valence-corrected chi connectivity index (χ2v) is 9.05. The van der Waals surface area contributed by atoms with E-state index in [0.717, 1.165) is 46.8 Å². The van der Waals surface area contributed by atoms with Crippen LogP contribution in [-0.2, 0) is 0 Å². The molecule has 1 heterocycles. The van der Waals surface area contributed by atoms with Crippen molar-refractivity contribution in [1.82, 2.24) is 10.6 Å². The number of rotatable bonds is 9. The number of allylic oxidation sites excluding steroid dienone is 1. The molecule has 1 aliphatic rings. The number of ether oxygens (including phenoxy) is 1. The summed E-state index contributed by atoms with van der Waals surface area (Å²) >= 11 is 0. The van der Waals surface area contributed by atoms with Gasteiger partial charge in [0.05, 0.1) is 12.1 Å². The SMILES string of the molecule is CN=C/C(=C\N)c1cc(OC(C)C)cc(C(C)NC(=O)c2cc(N3CC(NC)C3)ccc2C)c1. The van der Waals surface area contributed by atoms with Crippen molar-refractivity contribution in [3.05, 3.63) is 64.9 Å². The van der Waals surface area contributed by atoms with Crippen LogP contribution in [0, 0.1) is 6.92 Å². The van der Waals surface area contributed by atoms with Crippen molar-refractivity contribution < 1.29 is 9.53 Å². The van der Waals surface area contributed by atoms with Crippen molar-refractivity contribution in [2.75, 3.05) is 32.1 Å².